The Morgan fingerprint density at radius 3 is 2.39 bits per heavy atom. The maximum Gasteiger partial charge on any atom is 0.422 e. The first kappa shape index (κ1) is 20.1. The highest BCUT2D eigenvalue weighted by Gasteiger charge is 2.60. The van der Waals surface area contributed by atoms with Gasteiger partial charge in [-0.05, 0) is 30.5 Å². The van der Waals surface area contributed by atoms with Crippen molar-refractivity contribution in [3.63, 3.8) is 0 Å². The van der Waals surface area contributed by atoms with Crippen molar-refractivity contribution in [2.75, 3.05) is 6.61 Å². The fourth-order valence-electron chi connectivity index (χ4n) is 3.43. The van der Waals surface area contributed by atoms with Gasteiger partial charge in [0.15, 0.2) is 5.60 Å². The number of hydrogen-bond acceptors (Lipinski definition) is 3. The molecule has 2 atom stereocenters. The molecule has 1 heterocycles. The number of esters is 1. The highest BCUT2D eigenvalue weighted by Crippen LogP contribution is 2.52. The van der Waals surface area contributed by atoms with E-state index in [1.807, 2.05) is 0 Å². The summed E-state index contributed by atoms with van der Waals surface area (Å²) in [4.78, 5) is 12.4. The normalized spacial score (nSPS) is 22.5. The molecular formula is C22H21F3O3. The van der Waals surface area contributed by atoms with Crippen molar-refractivity contribution in [2.24, 2.45) is 0 Å². The first-order valence-electron chi connectivity index (χ1n) is 9.03. The average molecular weight is 390 g/mol. The SMILES string of the molecule is CCOC(=O)C1=CC[C@@](c2ccccc2)(C(F)(F)F)O[C@@H]1c1ccccc1C. The smallest absolute Gasteiger partial charge is 0.422 e. The van der Waals surface area contributed by atoms with Crippen molar-refractivity contribution in [3.05, 3.63) is 82.9 Å². The lowest BCUT2D eigenvalue weighted by atomic mass is 9.83. The number of rotatable bonds is 4. The van der Waals surface area contributed by atoms with Crippen LogP contribution in [0.3, 0.4) is 0 Å². The topological polar surface area (TPSA) is 35.5 Å². The predicted octanol–water partition coefficient (Wildman–Crippen LogP) is 5.40. The molecule has 0 fully saturated rings. The first-order valence-corrected chi connectivity index (χ1v) is 9.03. The van der Waals surface area contributed by atoms with Crippen LogP contribution in [-0.2, 0) is 19.9 Å². The van der Waals surface area contributed by atoms with Crippen LogP contribution in [0.1, 0.15) is 36.1 Å². The summed E-state index contributed by atoms with van der Waals surface area (Å²) in [6.07, 6.45) is -5.06. The van der Waals surface area contributed by atoms with Crippen molar-refractivity contribution in [1.29, 1.82) is 0 Å². The Labute approximate surface area is 161 Å². The molecule has 0 spiro atoms. The molecule has 0 bridgehead atoms. The largest absolute Gasteiger partial charge is 0.463 e. The molecule has 2 aromatic carbocycles. The van der Waals surface area contributed by atoms with Crippen molar-refractivity contribution >= 4 is 5.97 Å². The molecule has 3 nitrogen and oxygen atoms in total. The van der Waals surface area contributed by atoms with Crippen LogP contribution in [0.25, 0.3) is 0 Å². The zero-order valence-electron chi connectivity index (χ0n) is 15.6. The first-order chi connectivity index (χ1) is 13.3. The quantitative estimate of drug-likeness (QED) is 0.656. The summed E-state index contributed by atoms with van der Waals surface area (Å²) < 4.78 is 53.7. The third kappa shape index (κ3) is 3.56. The van der Waals surface area contributed by atoms with E-state index in [1.54, 1.807) is 56.3 Å². The van der Waals surface area contributed by atoms with Crippen LogP contribution in [0.15, 0.2) is 66.2 Å². The zero-order chi connectivity index (χ0) is 20.4. The van der Waals surface area contributed by atoms with Crippen LogP contribution < -0.4 is 0 Å². The second kappa shape index (κ2) is 7.80. The minimum absolute atomic E-state index is 0.000225. The molecule has 3 rings (SSSR count). The molecule has 0 unspecified atom stereocenters. The van der Waals surface area contributed by atoms with Gasteiger partial charge >= 0.3 is 12.1 Å². The molecule has 1 aliphatic heterocycles. The number of alkyl halides is 3. The van der Waals surface area contributed by atoms with E-state index in [-0.39, 0.29) is 17.7 Å². The van der Waals surface area contributed by atoms with Crippen LogP contribution in [-0.4, -0.2) is 18.8 Å². The van der Waals surface area contributed by atoms with Crippen molar-refractivity contribution in [2.45, 2.75) is 38.1 Å². The van der Waals surface area contributed by atoms with Crippen LogP contribution in [0.2, 0.25) is 0 Å². The highest BCUT2D eigenvalue weighted by molar-refractivity contribution is 5.90. The molecule has 0 radical (unpaired) electrons. The monoisotopic (exact) mass is 390 g/mol. The number of hydrogen-bond donors (Lipinski definition) is 0. The Balaban J connectivity index is 2.17. The minimum atomic E-state index is -4.67. The lowest BCUT2D eigenvalue weighted by Gasteiger charge is -2.42. The lowest BCUT2D eigenvalue weighted by Crippen LogP contribution is -2.48. The van der Waals surface area contributed by atoms with Crippen molar-refractivity contribution < 1.29 is 27.4 Å². The van der Waals surface area contributed by atoms with E-state index in [1.165, 1.54) is 18.2 Å². The highest BCUT2D eigenvalue weighted by atomic mass is 19.4. The summed E-state index contributed by atoms with van der Waals surface area (Å²) in [7, 11) is 0. The Morgan fingerprint density at radius 1 is 1.14 bits per heavy atom. The maximum atomic E-state index is 14.3. The predicted molar refractivity (Wildman–Crippen MR) is 98.5 cm³/mol. The van der Waals surface area contributed by atoms with E-state index in [9.17, 15) is 18.0 Å². The number of benzene rings is 2. The molecule has 0 saturated heterocycles. The molecule has 2 aromatic rings. The third-order valence-corrected chi connectivity index (χ3v) is 4.89. The van der Waals surface area contributed by atoms with Gasteiger partial charge in [0.05, 0.1) is 12.2 Å². The van der Waals surface area contributed by atoms with Gasteiger partial charge in [-0.2, -0.15) is 13.2 Å². The van der Waals surface area contributed by atoms with Crippen LogP contribution in [0.4, 0.5) is 13.2 Å². The molecule has 0 saturated carbocycles. The van der Waals surface area contributed by atoms with Gasteiger partial charge in [0.2, 0.25) is 0 Å². The Bertz CT molecular complexity index is 874. The summed E-state index contributed by atoms with van der Waals surface area (Å²) in [5, 5.41) is 0. The van der Waals surface area contributed by atoms with Gasteiger partial charge in [0.1, 0.15) is 6.10 Å². The second-order valence-electron chi connectivity index (χ2n) is 6.63. The standard InChI is InChI=1S/C22H21F3O3/c1-3-27-20(26)18-13-14-21(22(23,24)25,16-10-5-4-6-11-16)28-19(18)17-12-8-7-9-15(17)2/h4-13,19H,3,14H2,1-2H3/t19-,21-/m1/s1. The molecular weight excluding hydrogens is 369 g/mol. The van der Waals surface area contributed by atoms with Crippen molar-refractivity contribution in [3.8, 4) is 0 Å². The molecule has 0 aromatic heterocycles. The summed E-state index contributed by atoms with van der Waals surface area (Å²) in [6, 6.07) is 14.5. The summed E-state index contributed by atoms with van der Waals surface area (Å²) in [5.74, 6) is -0.667. The Hall–Kier alpha value is -2.60. The lowest BCUT2D eigenvalue weighted by molar-refractivity contribution is -0.298. The van der Waals surface area contributed by atoms with E-state index in [2.05, 4.69) is 0 Å². The van der Waals surface area contributed by atoms with Crippen molar-refractivity contribution in [1.82, 2.24) is 0 Å². The number of ether oxygens (including phenoxy) is 2. The van der Waals surface area contributed by atoms with E-state index < -0.39 is 30.3 Å². The second-order valence-corrected chi connectivity index (χ2v) is 6.63. The van der Waals surface area contributed by atoms with Crippen LogP contribution >= 0.6 is 0 Å². The van der Waals surface area contributed by atoms with Crippen LogP contribution in [0, 0.1) is 6.92 Å². The average Bonchev–Trinajstić information content (AvgIpc) is 2.68. The van der Waals surface area contributed by atoms with Gasteiger partial charge in [-0.1, -0.05) is 60.7 Å². The van der Waals surface area contributed by atoms with E-state index in [0.717, 1.165) is 5.56 Å². The Kier molecular flexibility index (Phi) is 5.61. The van der Waals surface area contributed by atoms with E-state index in [4.69, 9.17) is 9.47 Å². The molecule has 148 valence electrons. The molecule has 0 amide bonds. The van der Waals surface area contributed by atoms with Gasteiger partial charge in [-0.15, -0.1) is 0 Å². The molecule has 1 aliphatic rings. The molecule has 28 heavy (non-hydrogen) atoms. The van der Waals surface area contributed by atoms with E-state index in [0.29, 0.717) is 5.56 Å². The third-order valence-electron chi connectivity index (χ3n) is 4.89. The summed E-state index contributed by atoms with van der Waals surface area (Å²) in [6.45, 7) is 3.54. The number of carbonyl (C=O) groups excluding carboxylic acids is 1. The van der Waals surface area contributed by atoms with Crippen LogP contribution in [0.5, 0.6) is 0 Å². The number of carbonyl (C=O) groups is 1. The zero-order valence-corrected chi connectivity index (χ0v) is 15.6. The van der Waals surface area contributed by atoms with Gasteiger partial charge < -0.3 is 9.47 Å². The van der Waals surface area contributed by atoms with Gasteiger partial charge in [-0.25, -0.2) is 4.79 Å². The molecule has 6 heteroatoms. The van der Waals surface area contributed by atoms with Gasteiger partial charge in [0.25, 0.3) is 0 Å². The van der Waals surface area contributed by atoms with Gasteiger partial charge in [0, 0.05) is 6.42 Å². The van der Waals surface area contributed by atoms with Gasteiger partial charge in [-0.3, -0.25) is 0 Å². The fourth-order valence-corrected chi connectivity index (χ4v) is 3.43. The molecule has 0 aliphatic carbocycles. The summed E-state index contributed by atoms with van der Waals surface area (Å²) in [5.41, 5.74) is -1.22. The number of halogens is 3. The summed E-state index contributed by atoms with van der Waals surface area (Å²) >= 11 is 0. The fraction of sp³-hybridized carbons (Fsp3) is 0.318. The maximum absolute atomic E-state index is 14.3. The minimum Gasteiger partial charge on any atom is -0.463 e. The molecule has 0 N–H and O–H groups in total. The van der Waals surface area contributed by atoms with E-state index >= 15 is 0 Å². The Morgan fingerprint density at radius 2 is 1.79 bits per heavy atom. The number of aryl methyl sites for hydroxylation is 1.